The molecule has 0 saturated carbocycles. The van der Waals surface area contributed by atoms with E-state index >= 15 is 0 Å². The average molecular weight is 213 g/mol. The highest BCUT2D eigenvalue weighted by Gasteiger charge is 2.42. The number of nitrogens with zero attached hydrogens (tertiary/aromatic N) is 1. The predicted octanol–water partition coefficient (Wildman–Crippen LogP) is 2.22. The van der Waals surface area contributed by atoms with Gasteiger partial charge < -0.3 is 5.11 Å². The molecular weight excluding hydrogens is 190 g/mol. The summed E-state index contributed by atoms with van der Waals surface area (Å²) in [6, 6.07) is 0.496. The minimum Gasteiger partial charge on any atom is -0.481 e. The molecule has 15 heavy (non-hydrogen) atoms. The molecule has 88 valence electrons. The van der Waals surface area contributed by atoms with Crippen LogP contribution < -0.4 is 0 Å². The maximum Gasteiger partial charge on any atom is 0.310 e. The van der Waals surface area contributed by atoms with Crippen LogP contribution in [0.4, 0.5) is 0 Å². The van der Waals surface area contributed by atoms with E-state index in [1.165, 1.54) is 0 Å². The number of carboxylic acid groups (broad SMARTS) is 1. The lowest BCUT2D eigenvalue weighted by Gasteiger charge is -2.30. The van der Waals surface area contributed by atoms with Crippen LogP contribution in [0, 0.1) is 11.3 Å². The molecule has 0 aromatic carbocycles. The molecule has 0 amide bonds. The van der Waals surface area contributed by atoms with Gasteiger partial charge in [0.25, 0.3) is 0 Å². The molecule has 1 fully saturated rings. The number of carboxylic acids is 1. The smallest absolute Gasteiger partial charge is 0.310 e. The van der Waals surface area contributed by atoms with Crippen LogP contribution in [-0.2, 0) is 4.79 Å². The number of likely N-dealkylation sites (tertiary alicyclic amines) is 1. The Morgan fingerprint density at radius 3 is 2.53 bits per heavy atom. The molecule has 1 aliphatic rings. The normalized spacial score (nSPS) is 31.5. The maximum atomic E-state index is 11.1. The standard InChI is InChI=1S/C12H23NO2/c1-5-9(2)10(3)13-7-6-12(4,8-13)11(14)15/h9-10H,5-8H2,1-4H3,(H,14,15). The van der Waals surface area contributed by atoms with Crippen molar-refractivity contribution in [3.63, 3.8) is 0 Å². The molecule has 0 bridgehead atoms. The van der Waals surface area contributed by atoms with Crippen molar-refractivity contribution in [3.8, 4) is 0 Å². The molecule has 1 rings (SSSR count). The lowest BCUT2D eigenvalue weighted by atomic mass is 9.90. The van der Waals surface area contributed by atoms with E-state index in [0.717, 1.165) is 19.4 Å². The van der Waals surface area contributed by atoms with Gasteiger partial charge in [-0.25, -0.2) is 0 Å². The maximum absolute atomic E-state index is 11.1. The fourth-order valence-corrected chi connectivity index (χ4v) is 2.22. The van der Waals surface area contributed by atoms with E-state index < -0.39 is 11.4 Å². The second kappa shape index (κ2) is 4.52. The zero-order chi connectivity index (χ0) is 11.6. The quantitative estimate of drug-likeness (QED) is 0.778. The minimum atomic E-state index is -0.652. The third-order valence-electron chi connectivity index (χ3n) is 4.06. The summed E-state index contributed by atoms with van der Waals surface area (Å²) in [7, 11) is 0. The largest absolute Gasteiger partial charge is 0.481 e. The second-order valence-corrected chi connectivity index (χ2v) is 5.21. The molecule has 0 spiro atoms. The number of hydrogen-bond donors (Lipinski definition) is 1. The summed E-state index contributed by atoms with van der Waals surface area (Å²) >= 11 is 0. The Labute approximate surface area is 92.5 Å². The average Bonchev–Trinajstić information content (AvgIpc) is 2.60. The first-order valence-corrected chi connectivity index (χ1v) is 5.88. The highest BCUT2D eigenvalue weighted by atomic mass is 16.4. The van der Waals surface area contributed by atoms with Gasteiger partial charge in [0.2, 0.25) is 0 Å². The Kier molecular flexibility index (Phi) is 3.77. The third-order valence-corrected chi connectivity index (χ3v) is 4.06. The van der Waals surface area contributed by atoms with Crippen LogP contribution in [0.15, 0.2) is 0 Å². The number of aliphatic carboxylic acids is 1. The van der Waals surface area contributed by atoms with Gasteiger partial charge in [0.15, 0.2) is 0 Å². The van der Waals surface area contributed by atoms with Crippen molar-refractivity contribution in [2.45, 2.75) is 46.6 Å². The van der Waals surface area contributed by atoms with E-state index in [4.69, 9.17) is 5.11 Å². The van der Waals surface area contributed by atoms with Gasteiger partial charge in [-0.2, -0.15) is 0 Å². The Morgan fingerprint density at radius 2 is 2.13 bits per heavy atom. The Morgan fingerprint density at radius 1 is 1.53 bits per heavy atom. The molecule has 1 saturated heterocycles. The van der Waals surface area contributed by atoms with Crippen molar-refractivity contribution in [2.24, 2.45) is 11.3 Å². The summed E-state index contributed by atoms with van der Waals surface area (Å²) in [5, 5.41) is 9.14. The fraction of sp³-hybridized carbons (Fsp3) is 0.917. The topological polar surface area (TPSA) is 40.5 Å². The molecule has 1 aliphatic heterocycles. The molecule has 1 heterocycles. The molecule has 3 nitrogen and oxygen atoms in total. The van der Waals surface area contributed by atoms with Gasteiger partial charge in [-0.15, -0.1) is 0 Å². The molecule has 3 unspecified atom stereocenters. The summed E-state index contributed by atoms with van der Waals surface area (Å²) in [6.07, 6.45) is 1.94. The van der Waals surface area contributed by atoms with Crippen molar-refractivity contribution in [1.29, 1.82) is 0 Å². The molecule has 0 radical (unpaired) electrons. The van der Waals surface area contributed by atoms with Gasteiger partial charge in [-0.1, -0.05) is 20.3 Å². The number of rotatable bonds is 4. The van der Waals surface area contributed by atoms with Crippen LogP contribution in [0.2, 0.25) is 0 Å². The van der Waals surface area contributed by atoms with Gasteiger partial charge in [0, 0.05) is 12.6 Å². The summed E-state index contributed by atoms with van der Waals surface area (Å²) in [4.78, 5) is 13.4. The Hall–Kier alpha value is -0.570. The molecule has 0 aromatic heterocycles. The first-order chi connectivity index (χ1) is 6.90. The summed E-state index contributed by atoms with van der Waals surface area (Å²) in [6.45, 7) is 10.1. The zero-order valence-corrected chi connectivity index (χ0v) is 10.3. The van der Waals surface area contributed by atoms with Crippen LogP contribution >= 0.6 is 0 Å². The number of carbonyl (C=O) groups is 1. The summed E-state index contributed by atoms with van der Waals surface area (Å²) < 4.78 is 0. The van der Waals surface area contributed by atoms with Gasteiger partial charge in [0.1, 0.15) is 0 Å². The monoisotopic (exact) mass is 213 g/mol. The molecule has 0 aliphatic carbocycles. The summed E-state index contributed by atoms with van der Waals surface area (Å²) in [5.41, 5.74) is -0.526. The minimum absolute atomic E-state index is 0.496. The van der Waals surface area contributed by atoms with E-state index in [-0.39, 0.29) is 0 Å². The van der Waals surface area contributed by atoms with Crippen LogP contribution in [0.25, 0.3) is 0 Å². The molecule has 3 atom stereocenters. The fourth-order valence-electron chi connectivity index (χ4n) is 2.22. The molecule has 3 heteroatoms. The van der Waals surface area contributed by atoms with E-state index in [9.17, 15) is 4.79 Å². The van der Waals surface area contributed by atoms with E-state index in [2.05, 4.69) is 25.7 Å². The van der Waals surface area contributed by atoms with Crippen molar-refractivity contribution >= 4 is 5.97 Å². The predicted molar refractivity (Wildman–Crippen MR) is 60.8 cm³/mol. The van der Waals surface area contributed by atoms with Crippen LogP contribution in [0.3, 0.4) is 0 Å². The van der Waals surface area contributed by atoms with Crippen molar-refractivity contribution < 1.29 is 9.90 Å². The third kappa shape index (κ3) is 2.51. The first kappa shape index (κ1) is 12.5. The van der Waals surface area contributed by atoms with Crippen molar-refractivity contribution in [1.82, 2.24) is 4.90 Å². The van der Waals surface area contributed by atoms with Crippen LogP contribution in [0.5, 0.6) is 0 Å². The molecular formula is C12H23NO2. The van der Waals surface area contributed by atoms with E-state index in [1.54, 1.807) is 0 Å². The van der Waals surface area contributed by atoms with Crippen molar-refractivity contribution in [2.75, 3.05) is 13.1 Å². The summed E-state index contributed by atoms with van der Waals surface area (Å²) in [5.74, 6) is -0.0116. The van der Waals surface area contributed by atoms with Crippen molar-refractivity contribution in [3.05, 3.63) is 0 Å². The lowest BCUT2D eigenvalue weighted by Crippen LogP contribution is -2.39. The van der Waals surface area contributed by atoms with Crippen LogP contribution in [0.1, 0.15) is 40.5 Å². The van der Waals surface area contributed by atoms with Gasteiger partial charge in [-0.3, -0.25) is 9.69 Å². The van der Waals surface area contributed by atoms with Gasteiger partial charge in [0.05, 0.1) is 5.41 Å². The van der Waals surface area contributed by atoms with E-state index in [0.29, 0.717) is 18.5 Å². The van der Waals surface area contributed by atoms with E-state index in [1.807, 2.05) is 6.92 Å². The molecule has 1 N–H and O–H groups in total. The highest BCUT2D eigenvalue weighted by Crippen LogP contribution is 2.32. The first-order valence-electron chi connectivity index (χ1n) is 5.88. The molecule has 0 aromatic rings. The SMILES string of the molecule is CCC(C)C(C)N1CCC(C)(C(=O)O)C1. The lowest BCUT2D eigenvalue weighted by molar-refractivity contribution is -0.147. The Bertz CT molecular complexity index is 242. The second-order valence-electron chi connectivity index (χ2n) is 5.21. The number of hydrogen-bond acceptors (Lipinski definition) is 2. The highest BCUT2D eigenvalue weighted by molar-refractivity contribution is 5.74. The van der Waals surface area contributed by atoms with Crippen LogP contribution in [-0.4, -0.2) is 35.1 Å². The van der Waals surface area contributed by atoms with Gasteiger partial charge >= 0.3 is 5.97 Å². The van der Waals surface area contributed by atoms with Gasteiger partial charge in [-0.05, 0) is 32.7 Å². The zero-order valence-electron chi connectivity index (χ0n) is 10.3. The Balaban J connectivity index is 2.60.